The van der Waals surface area contributed by atoms with E-state index in [0.29, 0.717) is 5.82 Å². The van der Waals surface area contributed by atoms with Crippen LogP contribution in [0.15, 0.2) is 17.8 Å². The molecule has 0 aromatic carbocycles. The van der Waals surface area contributed by atoms with E-state index >= 15 is 0 Å². The van der Waals surface area contributed by atoms with Gasteiger partial charge in [-0.2, -0.15) is 0 Å². The molecule has 4 nitrogen and oxygen atoms in total. The summed E-state index contributed by atoms with van der Waals surface area (Å²) in [5, 5.41) is 19.6. The minimum Gasteiger partial charge on any atom is -0.380 e. The maximum atomic E-state index is 10.0. The van der Waals surface area contributed by atoms with E-state index in [1.807, 2.05) is 25.4 Å². The van der Waals surface area contributed by atoms with Crippen molar-refractivity contribution < 1.29 is 5.11 Å². The Morgan fingerprint density at radius 3 is 2.86 bits per heavy atom. The van der Waals surface area contributed by atoms with E-state index in [0.717, 1.165) is 10.4 Å². The highest BCUT2D eigenvalue weighted by atomic mass is 32.1. The molecule has 74 valence electrons. The van der Waals surface area contributed by atoms with Crippen LogP contribution in [0.1, 0.15) is 22.4 Å². The molecule has 0 aliphatic heterocycles. The van der Waals surface area contributed by atoms with Gasteiger partial charge in [-0.15, -0.1) is 21.5 Å². The fraction of sp³-hybridized carbons (Fsp3) is 0.333. The molecule has 0 radical (unpaired) electrons. The van der Waals surface area contributed by atoms with E-state index in [-0.39, 0.29) is 0 Å². The molecular formula is C9H11N3OS. The molecule has 2 heterocycles. The van der Waals surface area contributed by atoms with Crippen molar-refractivity contribution in [2.24, 2.45) is 7.05 Å². The summed E-state index contributed by atoms with van der Waals surface area (Å²) in [6.07, 6.45) is 0.911. The monoisotopic (exact) mass is 209 g/mol. The molecule has 2 aromatic heterocycles. The van der Waals surface area contributed by atoms with E-state index in [1.54, 1.807) is 22.2 Å². The van der Waals surface area contributed by atoms with Gasteiger partial charge in [0.15, 0.2) is 5.82 Å². The summed E-state index contributed by atoms with van der Waals surface area (Å²) in [5.41, 5.74) is 0.908. The molecule has 14 heavy (non-hydrogen) atoms. The third kappa shape index (κ3) is 1.44. The Morgan fingerprint density at radius 2 is 2.36 bits per heavy atom. The number of hydrogen-bond donors (Lipinski definition) is 1. The van der Waals surface area contributed by atoms with Gasteiger partial charge in [0.25, 0.3) is 0 Å². The van der Waals surface area contributed by atoms with Crippen LogP contribution in [-0.4, -0.2) is 19.9 Å². The molecule has 2 rings (SSSR count). The number of aromatic nitrogens is 3. The number of hydrogen-bond acceptors (Lipinski definition) is 4. The Morgan fingerprint density at radius 1 is 1.57 bits per heavy atom. The van der Waals surface area contributed by atoms with Crippen molar-refractivity contribution in [1.82, 2.24) is 14.8 Å². The standard InChI is InChI=1S/C9H11N3OS/c1-6-7(3-4-14-6)8(13)9-11-10-5-12(9)2/h3-5,8,13H,1-2H3. The lowest BCUT2D eigenvalue weighted by molar-refractivity contribution is 0.205. The quantitative estimate of drug-likeness (QED) is 0.810. The summed E-state index contributed by atoms with van der Waals surface area (Å²) in [6.45, 7) is 1.99. The number of aliphatic hydroxyl groups is 1. The molecule has 0 fully saturated rings. The second-order valence-electron chi connectivity index (χ2n) is 3.13. The summed E-state index contributed by atoms with van der Waals surface area (Å²) in [6, 6.07) is 1.92. The van der Waals surface area contributed by atoms with Gasteiger partial charge in [-0.05, 0) is 18.4 Å². The van der Waals surface area contributed by atoms with Crippen LogP contribution in [0.3, 0.4) is 0 Å². The predicted molar refractivity (Wildman–Crippen MR) is 54.1 cm³/mol. The van der Waals surface area contributed by atoms with Gasteiger partial charge in [-0.1, -0.05) is 0 Å². The van der Waals surface area contributed by atoms with Gasteiger partial charge in [0.2, 0.25) is 0 Å². The lowest BCUT2D eigenvalue weighted by Gasteiger charge is -2.08. The maximum Gasteiger partial charge on any atom is 0.166 e. The summed E-state index contributed by atoms with van der Waals surface area (Å²) >= 11 is 1.62. The zero-order chi connectivity index (χ0) is 10.1. The van der Waals surface area contributed by atoms with E-state index in [9.17, 15) is 5.11 Å². The number of nitrogens with zero attached hydrogens (tertiary/aromatic N) is 3. The molecule has 0 spiro atoms. The van der Waals surface area contributed by atoms with Crippen molar-refractivity contribution >= 4 is 11.3 Å². The topological polar surface area (TPSA) is 50.9 Å². The Hall–Kier alpha value is -1.20. The summed E-state index contributed by atoms with van der Waals surface area (Å²) < 4.78 is 1.72. The SMILES string of the molecule is Cc1sccc1C(O)c1nncn1C. The zero-order valence-corrected chi connectivity index (χ0v) is 8.82. The van der Waals surface area contributed by atoms with E-state index < -0.39 is 6.10 Å². The Labute approximate surface area is 85.8 Å². The lowest BCUT2D eigenvalue weighted by Crippen LogP contribution is -2.06. The second-order valence-corrected chi connectivity index (χ2v) is 4.25. The van der Waals surface area contributed by atoms with Crippen LogP contribution < -0.4 is 0 Å². The zero-order valence-electron chi connectivity index (χ0n) is 8.01. The van der Waals surface area contributed by atoms with Crippen molar-refractivity contribution in [3.63, 3.8) is 0 Å². The Bertz CT molecular complexity index is 394. The van der Waals surface area contributed by atoms with Gasteiger partial charge in [-0.3, -0.25) is 0 Å². The fourth-order valence-corrected chi connectivity index (χ4v) is 2.09. The molecule has 2 aromatic rings. The van der Waals surface area contributed by atoms with Crippen LogP contribution in [0.4, 0.5) is 0 Å². The summed E-state index contributed by atoms with van der Waals surface area (Å²) in [7, 11) is 1.82. The molecule has 1 atom stereocenters. The van der Waals surface area contributed by atoms with Gasteiger partial charge in [0.05, 0.1) is 0 Å². The van der Waals surface area contributed by atoms with Crippen LogP contribution in [0, 0.1) is 6.92 Å². The normalized spacial score (nSPS) is 13.1. The van der Waals surface area contributed by atoms with Crippen molar-refractivity contribution in [3.8, 4) is 0 Å². The maximum absolute atomic E-state index is 10.0. The number of aryl methyl sites for hydroxylation is 2. The highest BCUT2D eigenvalue weighted by molar-refractivity contribution is 7.10. The van der Waals surface area contributed by atoms with Crippen molar-refractivity contribution in [2.45, 2.75) is 13.0 Å². The van der Waals surface area contributed by atoms with E-state index in [4.69, 9.17) is 0 Å². The van der Waals surface area contributed by atoms with Gasteiger partial charge in [0, 0.05) is 17.5 Å². The molecule has 0 aliphatic rings. The first kappa shape index (κ1) is 9.36. The Kier molecular flexibility index (Phi) is 2.35. The molecule has 0 saturated carbocycles. The predicted octanol–water partition coefficient (Wildman–Crippen LogP) is 1.27. The Balaban J connectivity index is 2.38. The largest absolute Gasteiger partial charge is 0.380 e. The minimum absolute atomic E-state index is 0.575. The summed E-state index contributed by atoms with van der Waals surface area (Å²) in [4.78, 5) is 1.11. The molecule has 5 heteroatoms. The molecule has 0 bridgehead atoms. The number of aliphatic hydroxyl groups excluding tert-OH is 1. The van der Waals surface area contributed by atoms with E-state index in [2.05, 4.69) is 10.2 Å². The highest BCUT2D eigenvalue weighted by Gasteiger charge is 2.17. The minimum atomic E-state index is -0.672. The van der Waals surface area contributed by atoms with E-state index in [1.165, 1.54) is 0 Å². The van der Waals surface area contributed by atoms with Crippen molar-refractivity contribution in [2.75, 3.05) is 0 Å². The molecule has 0 amide bonds. The molecular weight excluding hydrogens is 198 g/mol. The van der Waals surface area contributed by atoms with Crippen LogP contribution in [0.25, 0.3) is 0 Å². The smallest absolute Gasteiger partial charge is 0.166 e. The van der Waals surface area contributed by atoms with Gasteiger partial charge in [0.1, 0.15) is 12.4 Å². The molecule has 0 aliphatic carbocycles. The van der Waals surface area contributed by atoms with Crippen LogP contribution in [-0.2, 0) is 7.05 Å². The first-order valence-electron chi connectivity index (χ1n) is 4.26. The second kappa shape index (κ2) is 3.51. The van der Waals surface area contributed by atoms with Gasteiger partial charge < -0.3 is 9.67 Å². The van der Waals surface area contributed by atoms with Crippen molar-refractivity contribution in [3.05, 3.63) is 34.0 Å². The third-order valence-corrected chi connectivity index (χ3v) is 3.05. The number of rotatable bonds is 2. The van der Waals surface area contributed by atoms with Crippen LogP contribution in [0.5, 0.6) is 0 Å². The van der Waals surface area contributed by atoms with Gasteiger partial charge >= 0.3 is 0 Å². The molecule has 0 saturated heterocycles. The third-order valence-electron chi connectivity index (χ3n) is 2.18. The molecule has 1 N–H and O–H groups in total. The summed E-state index contributed by atoms with van der Waals surface area (Å²) in [5.74, 6) is 0.575. The number of thiophene rings is 1. The average molecular weight is 209 g/mol. The fourth-order valence-electron chi connectivity index (χ4n) is 1.36. The first-order valence-corrected chi connectivity index (χ1v) is 5.14. The molecule has 1 unspecified atom stereocenters. The first-order chi connectivity index (χ1) is 6.70. The van der Waals surface area contributed by atoms with Gasteiger partial charge in [-0.25, -0.2) is 0 Å². The lowest BCUT2D eigenvalue weighted by atomic mass is 10.1. The van der Waals surface area contributed by atoms with Crippen LogP contribution in [0.2, 0.25) is 0 Å². The van der Waals surface area contributed by atoms with Crippen LogP contribution >= 0.6 is 11.3 Å². The highest BCUT2D eigenvalue weighted by Crippen LogP contribution is 2.26. The average Bonchev–Trinajstić information content (AvgIpc) is 2.73. The van der Waals surface area contributed by atoms with Crippen molar-refractivity contribution in [1.29, 1.82) is 0 Å².